The van der Waals surface area contributed by atoms with E-state index in [1.807, 2.05) is 0 Å². The Hall–Kier alpha value is -1.95. The van der Waals surface area contributed by atoms with Crippen LogP contribution in [-0.4, -0.2) is 28.3 Å². The van der Waals surface area contributed by atoms with Gasteiger partial charge in [-0.05, 0) is 12.1 Å². The number of hydrogen-bond donors (Lipinski definition) is 2. The Labute approximate surface area is 85.5 Å². The molecule has 15 heavy (non-hydrogen) atoms. The van der Waals surface area contributed by atoms with E-state index in [4.69, 9.17) is 5.11 Å². The number of rotatable bonds is 1. The number of imide groups is 1. The first-order chi connectivity index (χ1) is 7.18. The molecule has 1 aliphatic rings. The molecule has 0 saturated carbocycles. The molecule has 78 valence electrons. The predicted molar refractivity (Wildman–Crippen MR) is 50.9 cm³/mol. The van der Waals surface area contributed by atoms with E-state index in [9.17, 15) is 9.59 Å². The van der Waals surface area contributed by atoms with Gasteiger partial charge in [0.25, 0.3) is 0 Å². The Morgan fingerprint density at radius 3 is 2.67 bits per heavy atom. The van der Waals surface area contributed by atoms with Gasteiger partial charge in [-0.3, -0.25) is 9.78 Å². The molecule has 1 aliphatic heterocycles. The zero-order chi connectivity index (χ0) is 10.8. The second-order valence-electron chi connectivity index (χ2n) is 3.10. The summed E-state index contributed by atoms with van der Waals surface area (Å²) in [6.45, 7) is 0. The van der Waals surface area contributed by atoms with Crippen LogP contribution in [0.5, 0.6) is 0 Å². The van der Waals surface area contributed by atoms with E-state index < -0.39 is 18.2 Å². The molecule has 2 N–H and O–H groups in total. The van der Waals surface area contributed by atoms with Crippen LogP contribution in [0.1, 0.15) is 6.42 Å². The van der Waals surface area contributed by atoms with Gasteiger partial charge in [-0.1, -0.05) is 0 Å². The van der Waals surface area contributed by atoms with Crippen LogP contribution in [-0.2, 0) is 4.79 Å². The van der Waals surface area contributed by atoms with E-state index in [1.54, 1.807) is 12.1 Å². The highest BCUT2D eigenvalue weighted by Gasteiger charge is 2.31. The number of aliphatic hydroxyl groups excluding tert-OH is 1. The molecule has 6 nitrogen and oxygen atoms in total. The summed E-state index contributed by atoms with van der Waals surface area (Å²) in [6, 6.07) is 2.48. The maximum Gasteiger partial charge on any atom is 0.330 e. The van der Waals surface area contributed by atoms with Crippen molar-refractivity contribution in [2.24, 2.45) is 0 Å². The lowest BCUT2D eigenvalue weighted by Crippen LogP contribution is -2.54. The number of carbonyl (C=O) groups is 2. The SMILES string of the molecule is O=C1CC(O)NC(=O)N1c1ccncc1. The van der Waals surface area contributed by atoms with Crippen molar-refractivity contribution in [1.29, 1.82) is 0 Å². The molecule has 1 saturated heterocycles. The zero-order valence-corrected chi connectivity index (χ0v) is 7.75. The first-order valence-corrected chi connectivity index (χ1v) is 4.40. The Kier molecular flexibility index (Phi) is 2.34. The maximum absolute atomic E-state index is 11.5. The molecule has 0 aliphatic carbocycles. The number of anilines is 1. The Morgan fingerprint density at radius 2 is 2.07 bits per heavy atom. The lowest BCUT2D eigenvalue weighted by molar-refractivity contribution is -0.121. The molecule has 6 heteroatoms. The van der Waals surface area contributed by atoms with Crippen LogP contribution < -0.4 is 10.2 Å². The largest absolute Gasteiger partial charge is 0.373 e. The van der Waals surface area contributed by atoms with Gasteiger partial charge in [-0.25, -0.2) is 9.69 Å². The van der Waals surface area contributed by atoms with E-state index in [0.29, 0.717) is 5.69 Å². The average Bonchev–Trinajstić information content (AvgIpc) is 2.17. The molecular weight excluding hydrogens is 198 g/mol. The second-order valence-corrected chi connectivity index (χ2v) is 3.10. The maximum atomic E-state index is 11.5. The van der Waals surface area contributed by atoms with E-state index in [2.05, 4.69) is 10.3 Å². The van der Waals surface area contributed by atoms with Crippen molar-refractivity contribution in [1.82, 2.24) is 10.3 Å². The first-order valence-electron chi connectivity index (χ1n) is 4.40. The lowest BCUT2D eigenvalue weighted by atomic mass is 10.2. The van der Waals surface area contributed by atoms with Crippen LogP contribution in [0.25, 0.3) is 0 Å². The number of aromatic nitrogens is 1. The summed E-state index contributed by atoms with van der Waals surface area (Å²) >= 11 is 0. The summed E-state index contributed by atoms with van der Waals surface area (Å²) in [6.07, 6.45) is 1.76. The smallest absolute Gasteiger partial charge is 0.330 e. The van der Waals surface area contributed by atoms with E-state index in [-0.39, 0.29) is 6.42 Å². The third-order valence-corrected chi connectivity index (χ3v) is 2.03. The van der Waals surface area contributed by atoms with Gasteiger partial charge < -0.3 is 10.4 Å². The number of nitrogens with zero attached hydrogens (tertiary/aromatic N) is 2. The van der Waals surface area contributed by atoms with Crippen molar-refractivity contribution in [2.45, 2.75) is 12.6 Å². The number of hydrogen-bond acceptors (Lipinski definition) is 4. The second kappa shape index (κ2) is 3.66. The van der Waals surface area contributed by atoms with Crippen molar-refractivity contribution >= 4 is 17.6 Å². The number of amides is 3. The van der Waals surface area contributed by atoms with Gasteiger partial charge in [-0.15, -0.1) is 0 Å². The van der Waals surface area contributed by atoms with Crippen LogP contribution >= 0.6 is 0 Å². The summed E-state index contributed by atoms with van der Waals surface area (Å²) in [4.78, 5) is 27.7. The molecule has 0 aromatic carbocycles. The number of nitrogens with one attached hydrogen (secondary N) is 1. The molecule has 1 fully saturated rings. The molecule has 1 unspecified atom stereocenters. The highest BCUT2D eigenvalue weighted by molar-refractivity contribution is 6.15. The quantitative estimate of drug-likeness (QED) is 0.670. The minimum Gasteiger partial charge on any atom is -0.373 e. The van der Waals surface area contributed by atoms with Gasteiger partial charge in [0.05, 0.1) is 12.1 Å². The molecular formula is C9H9N3O3. The van der Waals surface area contributed by atoms with E-state index in [1.165, 1.54) is 12.4 Å². The summed E-state index contributed by atoms with van der Waals surface area (Å²) in [5, 5.41) is 11.4. The molecule has 0 spiro atoms. The van der Waals surface area contributed by atoms with Crippen LogP contribution in [0, 0.1) is 0 Å². The van der Waals surface area contributed by atoms with Gasteiger partial charge in [0.2, 0.25) is 5.91 Å². The Bertz CT molecular complexity index is 375. The van der Waals surface area contributed by atoms with Gasteiger partial charge in [0, 0.05) is 12.4 Å². The van der Waals surface area contributed by atoms with Gasteiger partial charge in [0.1, 0.15) is 6.23 Å². The average molecular weight is 207 g/mol. The van der Waals surface area contributed by atoms with Crippen LogP contribution in [0.2, 0.25) is 0 Å². The summed E-state index contributed by atoms with van der Waals surface area (Å²) in [5.41, 5.74) is 0.444. The molecule has 1 aromatic rings. The molecule has 1 aromatic heterocycles. The first kappa shape index (κ1) is 9.60. The molecule has 3 amide bonds. The zero-order valence-electron chi connectivity index (χ0n) is 7.75. The van der Waals surface area contributed by atoms with Gasteiger partial charge >= 0.3 is 6.03 Å². The Morgan fingerprint density at radius 1 is 1.40 bits per heavy atom. The van der Waals surface area contributed by atoms with Crippen molar-refractivity contribution < 1.29 is 14.7 Å². The van der Waals surface area contributed by atoms with E-state index in [0.717, 1.165) is 4.90 Å². The molecule has 2 heterocycles. The fourth-order valence-electron chi connectivity index (χ4n) is 1.38. The predicted octanol–water partition coefficient (Wildman–Crippen LogP) is -0.154. The molecule has 0 radical (unpaired) electrons. The minimum atomic E-state index is -1.09. The van der Waals surface area contributed by atoms with Crippen LogP contribution in [0.15, 0.2) is 24.5 Å². The topological polar surface area (TPSA) is 82.5 Å². The number of carbonyl (C=O) groups excluding carboxylic acids is 2. The van der Waals surface area contributed by atoms with Crippen molar-refractivity contribution in [2.75, 3.05) is 4.90 Å². The van der Waals surface area contributed by atoms with Gasteiger partial charge in [0.15, 0.2) is 0 Å². The highest BCUT2D eigenvalue weighted by Crippen LogP contribution is 2.17. The number of pyridine rings is 1. The molecule has 2 rings (SSSR count). The van der Waals surface area contributed by atoms with Crippen LogP contribution in [0.3, 0.4) is 0 Å². The van der Waals surface area contributed by atoms with Gasteiger partial charge in [-0.2, -0.15) is 0 Å². The lowest BCUT2D eigenvalue weighted by Gasteiger charge is -2.28. The number of aliphatic hydroxyl groups is 1. The summed E-state index contributed by atoms with van der Waals surface area (Å²) < 4.78 is 0. The normalized spacial score (nSPS) is 21.4. The third-order valence-electron chi connectivity index (χ3n) is 2.03. The van der Waals surface area contributed by atoms with Crippen molar-refractivity contribution in [3.8, 4) is 0 Å². The summed E-state index contributed by atoms with van der Waals surface area (Å²) in [5.74, 6) is -0.433. The van der Waals surface area contributed by atoms with E-state index >= 15 is 0 Å². The van der Waals surface area contributed by atoms with Crippen molar-refractivity contribution in [3.05, 3.63) is 24.5 Å². The minimum absolute atomic E-state index is 0.117. The van der Waals surface area contributed by atoms with Crippen LogP contribution in [0.4, 0.5) is 10.5 Å². The fourth-order valence-corrected chi connectivity index (χ4v) is 1.38. The number of urea groups is 1. The monoisotopic (exact) mass is 207 g/mol. The third kappa shape index (κ3) is 1.79. The summed E-state index contributed by atoms with van der Waals surface area (Å²) in [7, 11) is 0. The standard InChI is InChI=1S/C9H9N3O3/c13-7-5-8(14)12(9(15)11-7)6-1-3-10-4-2-6/h1-4,7,13H,5H2,(H,11,15). The molecule has 1 atom stereocenters. The van der Waals surface area contributed by atoms with Crippen molar-refractivity contribution in [3.63, 3.8) is 0 Å². The molecule has 0 bridgehead atoms. The fraction of sp³-hybridized carbons (Fsp3) is 0.222. The highest BCUT2D eigenvalue weighted by atomic mass is 16.3. The Balaban J connectivity index is 2.29.